The Morgan fingerprint density at radius 3 is 2.02 bits per heavy atom. The van der Waals surface area contributed by atoms with Crippen LogP contribution in [0.5, 0.6) is 0 Å². The van der Waals surface area contributed by atoms with Crippen LogP contribution in [0.4, 0.5) is 4.39 Å². The third-order valence-electron chi connectivity index (χ3n) is 12.7. The Labute approximate surface area is 338 Å². The summed E-state index contributed by atoms with van der Waals surface area (Å²) in [6.45, 7) is 17.0. The summed E-state index contributed by atoms with van der Waals surface area (Å²) in [5.74, 6) is -5.68. The van der Waals surface area contributed by atoms with Crippen molar-refractivity contribution in [2.45, 2.75) is 192 Å². The van der Waals surface area contributed by atoms with E-state index in [0.29, 0.717) is 6.42 Å². The molecule has 0 spiro atoms. The van der Waals surface area contributed by atoms with Crippen molar-refractivity contribution in [1.29, 1.82) is 0 Å². The summed E-state index contributed by atoms with van der Waals surface area (Å²) in [5.41, 5.74) is -7.49. The van der Waals surface area contributed by atoms with Gasteiger partial charge < -0.3 is 57.7 Å². The number of cyclic esters (lactones) is 1. The predicted octanol–water partition coefficient (Wildman–Crippen LogP) is 3.76. The Balaban J connectivity index is 2.29. The molecule has 0 radical (unpaired) electrons. The topological polar surface area (TPSA) is 178 Å². The molecule has 57 heavy (non-hydrogen) atoms. The van der Waals surface area contributed by atoms with E-state index in [4.69, 9.17) is 42.6 Å². The van der Waals surface area contributed by atoms with Gasteiger partial charge in [0.05, 0.1) is 42.0 Å². The fourth-order valence-electron chi connectivity index (χ4n) is 9.24. The molecule has 3 fully saturated rings. The molecular weight excluding hydrogens is 749 g/mol. The molecule has 16 heteroatoms. The zero-order chi connectivity index (χ0) is 43.6. The highest BCUT2D eigenvalue weighted by Gasteiger charge is 2.57. The van der Waals surface area contributed by atoms with E-state index < -0.39 is 120 Å². The number of Topliss-reactive ketones (excluding diaryl/α,β-unsaturated/α-hetero) is 1. The first kappa shape index (κ1) is 49.5. The summed E-state index contributed by atoms with van der Waals surface area (Å²) in [6.07, 6.45) is -9.70. The van der Waals surface area contributed by atoms with E-state index in [9.17, 15) is 24.6 Å². The first-order valence-corrected chi connectivity index (χ1v) is 20.2. The molecule has 1 unspecified atom stereocenters. The number of ether oxygens (including phenoxy) is 9. The standard InChI is InChI=1S/C41H72FNO14/c1-17-28-41(11,48)33(46)24(5)32(45)38(8,42)20-40(10,51-16)34(57-37-31(49-14)27(43(12)13)18-21(2)52-37)22(3)30(23(4)36(47)55-28)56-29-19-39(9,50-15)35(25(6)53-29)54-26(7)44/h21-25,27-31,33-35,37,46,48H,17-20H2,1-16H3/t21-,22+,23-,24+,25+,27+,28-,29?,30+,31-,33-,34-,35+,37+,38+,39-,40-,41-/m1/s1. The van der Waals surface area contributed by atoms with Gasteiger partial charge in [0, 0.05) is 59.0 Å². The zero-order valence-corrected chi connectivity index (χ0v) is 37.0. The van der Waals surface area contributed by atoms with E-state index in [2.05, 4.69) is 0 Å². The molecule has 2 N–H and O–H groups in total. The Morgan fingerprint density at radius 2 is 1.51 bits per heavy atom. The van der Waals surface area contributed by atoms with Gasteiger partial charge in [-0.3, -0.25) is 14.4 Å². The normalized spacial score (nSPS) is 46.9. The number of carbonyl (C=O) groups is 3. The van der Waals surface area contributed by atoms with E-state index in [1.807, 2.05) is 25.9 Å². The SMILES string of the molecule is CC[C@H]1OC(=O)[C@H](C)[C@@H](OC2C[C@@](C)(OC)[C@@H](OC(C)=O)[C@H](C)O2)[C@H](C)[C@@H](O[C@@H]2O[C@H](C)C[C@H](N(C)C)[C@H]2OC)[C@](C)(OC)C[C@](C)(F)C(=O)[C@H](C)[C@@H](O)[C@]1(C)O. The molecule has 18 atom stereocenters. The molecule has 0 aromatic rings. The molecule has 0 aromatic carbocycles. The molecular formula is C41H72FNO14. The minimum Gasteiger partial charge on any atom is -0.459 e. The molecule has 3 heterocycles. The highest BCUT2D eigenvalue weighted by atomic mass is 19.1. The van der Waals surface area contributed by atoms with Gasteiger partial charge in [-0.1, -0.05) is 20.8 Å². The molecule has 0 saturated carbocycles. The van der Waals surface area contributed by atoms with Gasteiger partial charge in [0.2, 0.25) is 0 Å². The summed E-state index contributed by atoms with van der Waals surface area (Å²) in [4.78, 5) is 42.5. The predicted molar refractivity (Wildman–Crippen MR) is 206 cm³/mol. The molecule has 0 aliphatic carbocycles. The maximum atomic E-state index is 17.2. The largest absolute Gasteiger partial charge is 0.459 e. The minimum absolute atomic E-state index is 0.0561. The van der Waals surface area contributed by atoms with Crippen LogP contribution in [0.15, 0.2) is 0 Å². The smallest absolute Gasteiger partial charge is 0.311 e. The molecule has 0 aromatic heterocycles. The van der Waals surface area contributed by atoms with Crippen molar-refractivity contribution in [3.63, 3.8) is 0 Å². The Bertz CT molecular complexity index is 1370. The summed E-state index contributed by atoms with van der Waals surface area (Å²) >= 11 is 0. The summed E-state index contributed by atoms with van der Waals surface area (Å²) < 4.78 is 73.3. The van der Waals surface area contributed by atoms with Gasteiger partial charge in [0.25, 0.3) is 0 Å². The molecule has 332 valence electrons. The quantitative estimate of drug-likeness (QED) is 0.304. The third-order valence-corrected chi connectivity index (χ3v) is 12.7. The second kappa shape index (κ2) is 19.2. The van der Waals surface area contributed by atoms with Crippen molar-refractivity contribution in [1.82, 2.24) is 4.90 Å². The Hall–Kier alpha value is -1.86. The number of nitrogens with zero attached hydrogens (tertiary/aromatic N) is 1. The molecule has 3 rings (SSSR count). The molecule has 15 nitrogen and oxygen atoms in total. The average molecular weight is 822 g/mol. The van der Waals surface area contributed by atoms with Gasteiger partial charge in [-0.05, 0) is 75.4 Å². The number of alkyl halides is 1. The molecule has 3 saturated heterocycles. The monoisotopic (exact) mass is 821 g/mol. The van der Waals surface area contributed by atoms with Crippen LogP contribution in [0.25, 0.3) is 0 Å². The van der Waals surface area contributed by atoms with Gasteiger partial charge in [-0.15, -0.1) is 0 Å². The first-order valence-electron chi connectivity index (χ1n) is 20.2. The lowest BCUT2D eigenvalue weighted by Crippen LogP contribution is -2.63. The molecule has 3 aliphatic rings. The maximum Gasteiger partial charge on any atom is 0.311 e. The van der Waals surface area contributed by atoms with E-state index >= 15 is 4.39 Å². The lowest BCUT2D eigenvalue weighted by atomic mass is 9.72. The number of methoxy groups -OCH3 is 3. The van der Waals surface area contributed by atoms with Crippen molar-refractivity contribution in [2.75, 3.05) is 35.4 Å². The number of esters is 2. The van der Waals surface area contributed by atoms with Gasteiger partial charge in [0.15, 0.2) is 30.1 Å². The van der Waals surface area contributed by atoms with E-state index in [-0.39, 0.29) is 25.0 Å². The molecule has 0 bridgehead atoms. The summed E-state index contributed by atoms with van der Waals surface area (Å²) in [7, 11) is 8.26. The van der Waals surface area contributed by atoms with Crippen molar-refractivity contribution in [3.8, 4) is 0 Å². The van der Waals surface area contributed by atoms with Gasteiger partial charge >= 0.3 is 11.9 Å². The van der Waals surface area contributed by atoms with Gasteiger partial charge in [-0.2, -0.15) is 0 Å². The highest BCUT2D eigenvalue weighted by molar-refractivity contribution is 5.89. The van der Waals surface area contributed by atoms with Crippen LogP contribution in [0.3, 0.4) is 0 Å². The number of aliphatic hydroxyl groups is 2. The number of hydrogen-bond donors (Lipinski definition) is 2. The van der Waals surface area contributed by atoms with Crippen LogP contribution in [-0.2, 0) is 57.0 Å². The molecule has 0 amide bonds. The lowest BCUT2D eigenvalue weighted by molar-refractivity contribution is -0.322. The van der Waals surface area contributed by atoms with Crippen molar-refractivity contribution >= 4 is 17.7 Å². The summed E-state index contributed by atoms with van der Waals surface area (Å²) in [5, 5.41) is 23.1. The number of likely N-dealkylation sites (N-methyl/N-ethyl adjacent to an activating group) is 1. The van der Waals surface area contributed by atoms with Gasteiger partial charge in [-0.25, -0.2) is 4.39 Å². The van der Waals surface area contributed by atoms with Crippen molar-refractivity contribution in [2.24, 2.45) is 17.8 Å². The second-order valence-electron chi connectivity index (χ2n) is 17.7. The lowest BCUT2D eigenvalue weighted by Gasteiger charge is -2.50. The Kier molecular flexibility index (Phi) is 16.7. The first-order chi connectivity index (χ1) is 26.2. The second-order valence-corrected chi connectivity index (χ2v) is 17.7. The molecule has 3 aliphatic heterocycles. The van der Waals surface area contributed by atoms with Crippen LogP contribution in [-0.4, -0.2) is 158 Å². The van der Waals surface area contributed by atoms with Crippen LogP contribution in [0.2, 0.25) is 0 Å². The maximum absolute atomic E-state index is 17.2. The number of rotatable bonds is 10. The van der Waals surface area contributed by atoms with Crippen LogP contribution in [0, 0.1) is 17.8 Å². The van der Waals surface area contributed by atoms with Crippen molar-refractivity contribution in [3.05, 3.63) is 0 Å². The third kappa shape index (κ3) is 10.7. The number of aliphatic hydroxyl groups excluding tert-OH is 1. The number of carbonyl (C=O) groups excluding carboxylic acids is 3. The van der Waals surface area contributed by atoms with Crippen molar-refractivity contribution < 1.29 is 71.6 Å². The Morgan fingerprint density at radius 1 is 0.912 bits per heavy atom. The average Bonchev–Trinajstić information content (AvgIpc) is 3.13. The minimum atomic E-state index is -2.63. The van der Waals surface area contributed by atoms with E-state index in [0.717, 1.165) is 6.92 Å². The van der Waals surface area contributed by atoms with Crippen LogP contribution in [0.1, 0.15) is 102 Å². The highest BCUT2D eigenvalue weighted by Crippen LogP contribution is 2.44. The summed E-state index contributed by atoms with van der Waals surface area (Å²) in [6, 6.07) is -0.143. The zero-order valence-electron chi connectivity index (χ0n) is 37.0. The van der Waals surface area contributed by atoms with Crippen LogP contribution < -0.4 is 0 Å². The number of hydrogen-bond acceptors (Lipinski definition) is 15. The van der Waals surface area contributed by atoms with E-state index in [1.54, 1.807) is 48.7 Å². The fourth-order valence-corrected chi connectivity index (χ4v) is 9.24. The van der Waals surface area contributed by atoms with Gasteiger partial charge in [0.1, 0.15) is 23.4 Å². The number of ketones is 1. The fraction of sp³-hybridized carbons (Fsp3) is 0.927. The van der Waals surface area contributed by atoms with E-state index in [1.165, 1.54) is 35.0 Å². The number of halogens is 1. The van der Waals surface area contributed by atoms with Crippen LogP contribution >= 0.6 is 0 Å².